The van der Waals surface area contributed by atoms with Gasteiger partial charge in [-0.1, -0.05) is 18.2 Å². The summed E-state index contributed by atoms with van der Waals surface area (Å²) in [5.74, 6) is 2.37. The lowest BCUT2D eigenvalue weighted by Gasteiger charge is -1.99. The van der Waals surface area contributed by atoms with Gasteiger partial charge in [-0.15, -0.1) is 0 Å². The Bertz CT molecular complexity index is 728. The van der Waals surface area contributed by atoms with Crippen LogP contribution in [0.25, 0.3) is 22.7 Å². The molecule has 3 aromatic rings. The van der Waals surface area contributed by atoms with Crippen LogP contribution in [0.1, 0.15) is 16.4 Å². The third kappa shape index (κ3) is 2.18. The van der Waals surface area contributed by atoms with Crippen molar-refractivity contribution in [1.82, 2.24) is 15.2 Å². The van der Waals surface area contributed by atoms with E-state index in [1.165, 1.54) is 0 Å². The van der Waals surface area contributed by atoms with E-state index in [1.807, 2.05) is 31.2 Å². The second-order valence-electron chi connectivity index (χ2n) is 4.15. The van der Waals surface area contributed by atoms with Gasteiger partial charge in [0.15, 0.2) is 17.9 Å². The molecule has 0 bridgehead atoms. The summed E-state index contributed by atoms with van der Waals surface area (Å²) in [5.41, 5.74) is 1.78. The fourth-order valence-corrected chi connectivity index (χ4v) is 1.85. The highest BCUT2D eigenvalue weighted by molar-refractivity contribution is 5.74. The Hall–Kier alpha value is -2.69. The van der Waals surface area contributed by atoms with Gasteiger partial charge in [-0.3, -0.25) is 9.89 Å². The normalized spacial score (nSPS) is 10.6. The summed E-state index contributed by atoms with van der Waals surface area (Å²) in [4.78, 5) is 14.9. The van der Waals surface area contributed by atoms with Crippen molar-refractivity contribution >= 4 is 6.29 Å². The number of carbonyl (C=O) groups excluding carboxylic acids is 1. The fraction of sp³-hybridized carbons (Fsp3) is 0.0714. The predicted octanol–water partition coefficient (Wildman–Crippen LogP) is 2.85. The zero-order valence-electron chi connectivity index (χ0n) is 10.3. The first-order valence-corrected chi connectivity index (χ1v) is 5.81. The van der Waals surface area contributed by atoms with Crippen molar-refractivity contribution in [2.45, 2.75) is 6.92 Å². The van der Waals surface area contributed by atoms with E-state index >= 15 is 0 Å². The van der Waals surface area contributed by atoms with Gasteiger partial charge in [-0.25, -0.2) is 4.98 Å². The monoisotopic (exact) mass is 253 g/mol. The number of nitrogens with one attached hydrogen (secondary N) is 1. The SMILES string of the molecule is Cc1nc(-c2cccc(-c3ccc(C=O)o3)c2)n[nH]1. The molecule has 2 heterocycles. The van der Waals surface area contributed by atoms with E-state index in [2.05, 4.69) is 15.2 Å². The van der Waals surface area contributed by atoms with Gasteiger partial charge in [-0.05, 0) is 25.1 Å². The number of H-pyrrole nitrogens is 1. The summed E-state index contributed by atoms with van der Waals surface area (Å²) in [6, 6.07) is 11.1. The number of rotatable bonds is 3. The average molecular weight is 253 g/mol. The van der Waals surface area contributed by atoms with Crippen LogP contribution < -0.4 is 0 Å². The molecule has 19 heavy (non-hydrogen) atoms. The molecule has 0 radical (unpaired) electrons. The number of aryl methyl sites for hydroxylation is 1. The topological polar surface area (TPSA) is 71.8 Å². The molecule has 5 nitrogen and oxygen atoms in total. The summed E-state index contributed by atoms with van der Waals surface area (Å²) in [6.07, 6.45) is 0.686. The van der Waals surface area contributed by atoms with Crippen LogP contribution in [0.15, 0.2) is 40.8 Å². The first-order chi connectivity index (χ1) is 9.26. The minimum Gasteiger partial charge on any atom is -0.453 e. The Kier molecular flexibility index (Phi) is 2.72. The van der Waals surface area contributed by atoms with Crippen molar-refractivity contribution in [3.63, 3.8) is 0 Å². The number of hydrogen-bond acceptors (Lipinski definition) is 4. The fourth-order valence-electron chi connectivity index (χ4n) is 1.85. The first kappa shape index (κ1) is 11.4. The molecule has 1 aromatic carbocycles. The lowest BCUT2D eigenvalue weighted by molar-refractivity contribution is 0.110. The minimum atomic E-state index is 0.314. The van der Waals surface area contributed by atoms with Crippen molar-refractivity contribution in [3.05, 3.63) is 48.0 Å². The third-order valence-electron chi connectivity index (χ3n) is 2.75. The van der Waals surface area contributed by atoms with E-state index in [1.54, 1.807) is 12.1 Å². The van der Waals surface area contributed by atoms with Crippen LogP contribution in [0.3, 0.4) is 0 Å². The molecule has 3 rings (SSSR count). The highest BCUT2D eigenvalue weighted by Gasteiger charge is 2.08. The number of furan rings is 1. The highest BCUT2D eigenvalue weighted by atomic mass is 16.3. The lowest BCUT2D eigenvalue weighted by atomic mass is 10.1. The summed E-state index contributed by atoms with van der Waals surface area (Å²) >= 11 is 0. The van der Waals surface area contributed by atoms with Crippen LogP contribution >= 0.6 is 0 Å². The summed E-state index contributed by atoms with van der Waals surface area (Å²) in [7, 11) is 0. The van der Waals surface area contributed by atoms with Crippen molar-refractivity contribution in [2.75, 3.05) is 0 Å². The van der Waals surface area contributed by atoms with E-state index in [0.717, 1.165) is 17.0 Å². The molecule has 0 fully saturated rings. The second kappa shape index (κ2) is 4.53. The number of aromatic amines is 1. The van der Waals surface area contributed by atoms with Gasteiger partial charge in [0, 0.05) is 11.1 Å². The molecular formula is C14H11N3O2. The Balaban J connectivity index is 2.02. The zero-order valence-corrected chi connectivity index (χ0v) is 10.3. The van der Waals surface area contributed by atoms with E-state index in [9.17, 15) is 4.79 Å². The van der Waals surface area contributed by atoms with Crippen LogP contribution in [0, 0.1) is 6.92 Å². The summed E-state index contributed by atoms with van der Waals surface area (Å²) in [5, 5.41) is 6.93. The molecule has 5 heteroatoms. The lowest BCUT2D eigenvalue weighted by Crippen LogP contribution is -1.82. The first-order valence-electron chi connectivity index (χ1n) is 5.81. The molecule has 0 aliphatic heterocycles. The molecule has 1 N–H and O–H groups in total. The predicted molar refractivity (Wildman–Crippen MR) is 69.6 cm³/mol. The Morgan fingerprint density at radius 2 is 2.05 bits per heavy atom. The number of aromatic nitrogens is 3. The molecule has 0 aliphatic rings. The van der Waals surface area contributed by atoms with Crippen molar-refractivity contribution in [2.24, 2.45) is 0 Å². The summed E-state index contributed by atoms with van der Waals surface area (Å²) in [6.45, 7) is 1.85. The molecule has 0 spiro atoms. The highest BCUT2D eigenvalue weighted by Crippen LogP contribution is 2.25. The minimum absolute atomic E-state index is 0.314. The maximum atomic E-state index is 10.6. The average Bonchev–Trinajstić information content (AvgIpc) is 3.07. The molecule has 2 aromatic heterocycles. The molecular weight excluding hydrogens is 242 g/mol. The molecule has 0 saturated heterocycles. The molecule has 0 amide bonds. The number of aldehydes is 1. The standard InChI is InChI=1S/C14H11N3O2/c1-9-15-14(17-16-9)11-4-2-3-10(7-11)13-6-5-12(8-18)19-13/h2-8H,1H3,(H,15,16,17). The summed E-state index contributed by atoms with van der Waals surface area (Å²) < 4.78 is 5.40. The van der Waals surface area contributed by atoms with Crippen LogP contribution in [-0.4, -0.2) is 21.5 Å². The van der Waals surface area contributed by atoms with Gasteiger partial charge in [0.2, 0.25) is 0 Å². The van der Waals surface area contributed by atoms with Gasteiger partial charge in [0.1, 0.15) is 11.6 Å². The molecule has 0 unspecified atom stereocenters. The number of nitrogens with zero attached hydrogens (tertiary/aromatic N) is 2. The van der Waals surface area contributed by atoms with Gasteiger partial charge in [0.05, 0.1) is 0 Å². The number of benzene rings is 1. The largest absolute Gasteiger partial charge is 0.453 e. The molecule has 0 aliphatic carbocycles. The van der Waals surface area contributed by atoms with Crippen molar-refractivity contribution in [3.8, 4) is 22.7 Å². The van der Waals surface area contributed by atoms with Crippen LogP contribution in [0.5, 0.6) is 0 Å². The Morgan fingerprint density at radius 3 is 2.74 bits per heavy atom. The Labute approximate surface area is 109 Å². The van der Waals surface area contributed by atoms with E-state index in [-0.39, 0.29) is 0 Å². The van der Waals surface area contributed by atoms with E-state index < -0.39 is 0 Å². The van der Waals surface area contributed by atoms with Crippen molar-refractivity contribution in [1.29, 1.82) is 0 Å². The zero-order chi connectivity index (χ0) is 13.2. The Morgan fingerprint density at radius 1 is 1.21 bits per heavy atom. The third-order valence-corrected chi connectivity index (χ3v) is 2.75. The van der Waals surface area contributed by atoms with E-state index in [4.69, 9.17) is 4.42 Å². The number of hydrogen-bond donors (Lipinski definition) is 1. The van der Waals surface area contributed by atoms with E-state index in [0.29, 0.717) is 23.6 Å². The van der Waals surface area contributed by atoms with Gasteiger partial charge < -0.3 is 4.42 Å². The maximum absolute atomic E-state index is 10.6. The van der Waals surface area contributed by atoms with Gasteiger partial charge in [-0.2, -0.15) is 5.10 Å². The van der Waals surface area contributed by atoms with Crippen LogP contribution in [-0.2, 0) is 0 Å². The number of carbonyl (C=O) groups is 1. The van der Waals surface area contributed by atoms with Gasteiger partial charge in [0.25, 0.3) is 0 Å². The van der Waals surface area contributed by atoms with Crippen LogP contribution in [0.4, 0.5) is 0 Å². The van der Waals surface area contributed by atoms with Crippen LogP contribution in [0.2, 0.25) is 0 Å². The quantitative estimate of drug-likeness (QED) is 0.728. The van der Waals surface area contributed by atoms with Gasteiger partial charge >= 0.3 is 0 Å². The molecule has 0 saturated carbocycles. The van der Waals surface area contributed by atoms with Crippen molar-refractivity contribution < 1.29 is 9.21 Å². The molecule has 94 valence electrons. The molecule has 0 atom stereocenters. The maximum Gasteiger partial charge on any atom is 0.185 e. The second-order valence-corrected chi connectivity index (χ2v) is 4.15. The smallest absolute Gasteiger partial charge is 0.185 e.